The lowest BCUT2D eigenvalue weighted by atomic mass is 9.76. The number of nitrogens with zero attached hydrogens (tertiary/aromatic N) is 5. The number of likely N-dealkylation sites (N-methyl/N-ethyl adjacent to an activating group) is 2. The van der Waals surface area contributed by atoms with Crippen LogP contribution in [0.15, 0.2) is 54.6 Å². The van der Waals surface area contributed by atoms with E-state index in [-0.39, 0.29) is 93.1 Å². The number of urea groups is 1. The summed E-state index contributed by atoms with van der Waals surface area (Å²) in [5.74, 6) is 0.913. The Morgan fingerprint density at radius 3 is 2.05 bits per heavy atom. The normalized spacial score (nSPS) is 17.6. The maximum atomic E-state index is 14.1. The highest BCUT2D eigenvalue weighted by atomic mass is 32.2. The zero-order valence-electron chi connectivity index (χ0n) is 49.1. The highest BCUT2D eigenvalue weighted by Gasteiger charge is 2.42. The number of unbranched alkanes of at least 4 members (excludes halogenated alkanes) is 1. The van der Waals surface area contributed by atoms with E-state index in [1.807, 2.05) is 11.8 Å². The average molecular weight is 1120 g/mol. The molecule has 7 rings (SSSR count). The molecule has 3 atom stereocenters. The third kappa shape index (κ3) is 17.0. The van der Waals surface area contributed by atoms with E-state index in [2.05, 4.69) is 145 Å². The molecule has 6 N–H and O–H groups in total. The summed E-state index contributed by atoms with van der Waals surface area (Å²) >= 11 is 1.84. The number of ether oxygens (including phenoxy) is 2. The van der Waals surface area contributed by atoms with Crippen LogP contribution in [0.5, 0.6) is 5.75 Å². The van der Waals surface area contributed by atoms with Gasteiger partial charge in [0, 0.05) is 94.5 Å². The maximum absolute atomic E-state index is 14.1. The number of H-pyrrole nitrogens is 1. The number of alkyl carbamates (subject to hydrolysis) is 1. The van der Waals surface area contributed by atoms with Gasteiger partial charge in [-0.2, -0.15) is 11.8 Å². The molecule has 0 radical (unpaired) electrons. The molecule has 436 valence electrons. The van der Waals surface area contributed by atoms with E-state index >= 15 is 0 Å². The lowest BCUT2D eigenvalue weighted by molar-refractivity contribution is -0.142. The van der Waals surface area contributed by atoms with E-state index in [1.165, 1.54) is 22.5 Å². The van der Waals surface area contributed by atoms with Crippen molar-refractivity contribution in [3.63, 3.8) is 0 Å². The van der Waals surface area contributed by atoms with Crippen LogP contribution in [0.25, 0.3) is 33.5 Å². The number of hydrogen-bond donors (Lipinski definition) is 6. The Balaban J connectivity index is 0.989. The number of nitrogens with one attached hydrogen (secondary N) is 6. The van der Waals surface area contributed by atoms with Gasteiger partial charge < -0.3 is 60.6 Å². The van der Waals surface area contributed by atoms with E-state index in [1.54, 1.807) is 20.8 Å². The molecule has 3 fully saturated rings. The summed E-state index contributed by atoms with van der Waals surface area (Å²) in [7, 11) is 3.64. The molecule has 4 aromatic rings. The number of aromatic nitrogens is 2. The fourth-order valence-electron chi connectivity index (χ4n) is 10.3. The Morgan fingerprint density at radius 2 is 1.40 bits per heavy atom. The molecule has 0 bridgehead atoms. The number of aromatic amines is 1. The Labute approximate surface area is 477 Å². The highest BCUT2D eigenvalue weighted by Crippen LogP contribution is 2.43. The summed E-state index contributed by atoms with van der Waals surface area (Å²) in [5, 5.41) is 14.4. The van der Waals surface area contributed by atoms with Crippen LogP contribution in [0.3, 0.4) is 0 Å². The van der Waals surface area contributed by atoms with Crippen LogP contribution in [0.2, 0.25) is 0 Å². The molecular weight excluding hydrogens is 1030 g/mol. The van der Waals surface area contributed by atoms with Crippen molar-refractivity contribution in [3.8, 4) is 28.3 Å². The number of imidazole rings is 1. The summed E-state index contributed by atoms with van der Waals surface area (Å²) in [5.41, 5.74) is 7.09. The molecular formula is C60H87N11O8S. The maximum Gasteiger partial charge on any atom is 0.407 e. The molecule has 0 saturated carbocycles. The fraction of sp³-hybridized carbons (Fsp3) is 0.583. The molecule has 3 aromatic carbocycles. The zero-order valence-corrected chi connectivity index (χ0v) is 49.9. The smallest absolute Gasteiger partial charge is 0.407 e. The second kappa shape index (κ2) is 26.8. The van der Waals surface area contributed by atoms with Crippen molar-refractivity contribution in [1.29, 1.82) is 0 Å². The quantitative estimate of drug-likeness (QED) is 0.0322. The predicted molar refractivity (Wildman–Crippen MR) is 317 cm³/mol. The van der Waals surface area contributed by atoms with Crippen LogP contribution in [0.1, 0.15) is 112 Å². The minimum Gasteiger partial charge on any atom is -0.494 e. The van der Waals surface area contributed by atoms with Gasteiger partial charge in [-0.25, -0.2) is 14.6 Å². The van der Waals surface area contributed by atoms with Crippen molar-refractivity contribution in [2.24, 2.45) is 0 Å². The van der Waals surface area contributed by atoms with E-state index in [4.69, 9.17) is 14.5 Å². The first-order valence-electron chi connectivity index (χ1n) is 28.4. The van der Waals surface area contributed by atoms with Crippen LogP contribution < -0.4 is 36.2 Å². The van der Waals surface area contributed by atoms with Gasteiger partial charge in [0.1, 0.15) is 17.2 Å². The largest absolute Gasteiger partial charge is 0.494 e. The third-order valence-corrected chi connectivity index (χ3v) is 16.3. The Hall–Kier alpha value is -6.54. The molecule has 3 unspecified atom stereocenters. The van der Waals surface area contributed by atoms with Gasteiger partial charge in [0.15, 0.2) is 0 Å². The van der Waals surface area contributed by atoms with Gasteiger partial charge in [0.05, 0.1) is 42.8 Å². The highest BCUT2D eigenvalue weighted by molar-refractivity contribution is 8.00. The summed E-state index contributed by atoms with van der Waals surface area (Å²) in [6, 6.07) is 19.5. The molecule has 0 aliphatic carbocycles. The van der Waals surface area contributed by atoms with Crippen LogP contribution in [0, 0.1) is 0 Å². The van der Waals surface area contributed by atoms with Crippen LogP contribution in [-0.2, 0) is 34.7 Å². The van der Waals surface area contributed by atoms with E-state index in [9.17, 15) is 28.8 Å². The molecule has 1 aromatic heterocycles. The van der Waals surface area contributed by atoms with Gasteiger partial charge >= 0.3 is 12.1 Å². The number of hydrogen-bond acceptors (Lipinski definition) is 12. The zero-order chi connectivity index (χ0) is 57.9. The van der Waals surface area contributed by atoms with Gasteiger partial charge in [-0.3, -0.25) is 19.2 Å². The van der Waals surface area contributed by atoms with Gasteiger partial charge in [0.2, 0.25) is 23.6 Å². The van der Waals surface area contributed by atoms with Gasteiger partial charge in [-0.15, -0.1) is 0 Å². The van der Waals surface area contributed by atoms with Crippen molar-refractivity contribution in [3.05, 3.63) is 65.7 Å². The van der Waals surface area contributed by atoms with E-state index < -0.39 is 23.5 Å². The van der Waals surface area contributed by atoms with Crippen LogP contribution in [-0.4, -0.2) is 175 Å². The minimum absolute atomic E-state index is 0.00239. The number of fused-ring (bicyclic) bond motifs is 2. The number of anilines is 1. The molecule has 3 aliphatic heterocycles. The van der Waals surface area contributed by atoms with Crippen molar-refractivity contribution < 1.29 is 38.2 Å². The molecule has 20 heteroatoms. The van der Waals surface area contributed by atoms with Gasteiger partial charge in [-0.05, 0) is 117 Å². The second-order valence-electron chi connectivity index (χ2n) is 24.4. The molecule has 3 saturated heterocycles. The summed E-state index contributed by atoms with van der Waals surface area (Å²) in [6.45, 7) is 22.2. The molecule has 4 heterocycles. The first kappa shape index (κ1) is 61.1. The summed E-state index contributed by atoms with van der Waals surface area (Å²) in [4.78, 5) is 94.4. The van der Waals surface area contributed by atoms with Gasteiger partial charge in [-0.1, -0.05) is 66.2 Å². The third-order valence-electron chi connectivity index (χ3n) is 14.8. The monoisotopic (exact) mass is 1120 g/mol. The first-order valence-corrected chi connectivity index (χ1v) is 29.4. The second-order valence-corrected chi connectivity index (χ2v) is 25.7. The number of benzene rings is 3. The number of rotatable bonds is 23. The lowest BCUT2D eigenvalue weighted by Crippen LogP contribution is -2.49. The van der Waals surface area contributed by atoms with Crippen molar-refractivity contribution in [1.82, 2.24) is 51.3 Å². The molecule has 19 nitrogen and oxygen atoms in total. The topological polar surface area (TPSA) is 223 Å². The molecule has 0 spiro atoms. The number of carbonyl (C=O) groups excluding carboxylic acids is 6. The predicted octanol–water partition coefficient (Wildman–Crippen LogP) is 7.17. The lowest BCUT2D eigenvalue weighted by Gasteiger charge is -2.34. The number of carbonyl (C=O) groups is 6. The SMILES string of the molecule is CNC(=O)CN(CCNC(=O)CCCCC1SCC2NC(=O)NC21)C(=O)CN(CCNC(=O)OC(C)(C)C)C(=O)CCCOc1cc(C(C)(C)C)c(-c2nc3ccc(-c4ccc(N5CCN(C)CC5)cc4)cc3[nH]2)c(C(C)(C)C)c1. The van der Waals surface area contributed by atoms with Crippen molar-refractivity contribution in [2.75, 3.05) is 96.8 Å². The van der Waals surface area contributed by atoms with E-state index in [0.29, 0.717) is 30.3 Å². The number of amides is 7. The Bertz CT molecular complexity index is 2780. The van der Waals surface area contributed by atoms with Crippen LogP contribution in [0.4, 0.5) is 15.3 Å². The molecule has 3 aliphatic rings. The van der Waals surface area contributed by atoms with Gasteiger partial charge in [0.25, 0.3) is 0 Å². The van der Waals surface area contributed by atoms with E-state index in [0.717, 1.165) is 89.4 Å². The molecule has 80 heavy (non-hydrogen) atoms. The number of thioether (sulfide) groups is 1. The van der Waals surface area contributed by atoms with Crippen molar-refractivity contribution in [2.45, 2.75) is 135 Å². The average Bonchev–Trinajstić information content (AvgIpc) is 4.18. The first-order chi connectivity index (χ1) is 37.8. The van der Waals surface area contributed by atoms with Crippen LogP contribution >= 0.6 is 11.8 Å². The molecule has 7 amide bonds. The minimum atomic E-state index is -0.740. The fourth-order valence-corrected chi connectivity index (χ4v) is 11.9. The Kier molecular flexibility index (Phi) is 20.5. The summed E-state index contributed by atoms with van der Waals surface area (Å²) < 4.78 is 11.9. The summed E-state index contributed by atoms with van der Waals surface area (Å²) in [6.07, 6.45) is 2.39. The number of piperazine rings is 1. The van der Waals surface area contributed by atoms with Crippen molar-refractivity contribution >= 4 is 64.2 Å². The standard InChI is InChI=1S/C60H87N11O8S/c1-58(2,3)43-34-42(35-44(59(4,5)6)53(43)55-64-45-23-20-40(33-46(45)65-55)39-18-21-41(22-19-39)69-30-28-68(11)29-31-69)78-32-14-17-51(74)71(27-25-63-57(77)79-60(7,8)9)37-52(75)70(36-50(73)61-10)26-24-62-49(72)16-13-12-15-48-54-47(38-80-48)66-56(76)67-54/h18-23,33-35,47-48,54H,12-17,24-32,36-38H2,1-11H3,(H,61,73)(H,62,72)(H,63,77)(H,64,65)(H2,66,67,76). The Morgan fingerprint density at radius 1 is 0.750 bits per heavy atom.